The highest BCUT2D eigenvalue weighted by Crippen LogP contribution is 2.35. The first kappa shape index (κ1) is 20.0. The second-order valence-corrected chi connectivity index (χ2v) is 8.38. The number of hydrogen-bond acceptors (Lipinski definition) is 3. The van der Waals surface area contributed by atoms with E-state index in [0.29, 0.717) is 13.1 Å². The van der Waals surface area contributed by atoms with Crippen molar-refractivity contribution in [2.75, 3.05) is 19.6 Å². The summed E-state index contributed by atoms with van der Waals surface area (Å²) in [6, 6.07) is 14.4. The molecule has 2 N–H and O–H groups in total. The average molecular weight is 397 g/mol. The van der Waals surface area contributed by atoms with Crippen molar-refractivity contribution in [3.8, 4) is 0 Å². The Morgan fingerprint density at radius 2 is 1.83 bits per heavy atom. The van der Waals surface area contributed by atoms with Gasteiger partial charge in [-0.2, -0.15) is 0 Å². The van der Waals surface area contributed by atoms with Crippen molar-refractivity contribution in [3.63, 3.8) is 0 Å². The molecule has 0 bridgehead atoms. The highest BCUT2D eigenvalue weighted by Gasteiger charge is 2.33. The van der Waals surface area contributed by atoms with Crippen molar-refractivity contribution < 1.29 is 14.3 Å². The van der Waals surface area contributed by atoms with Gasteiger partial charge in [0.2, 0.25) is 5.91 Å². The van der Waals surface area contributed by atoms with Gasteiger partial charge in [0, 0.05) is 13.1 Å². The zero-order chi connectivity index (χ0) is 20.3. The van der Waals surface area contributed by atoms with E-state index in [1.54, 1.807) is 12.1 Å². The molecule has 0 spiro atoms. The minimum Gasteiger partial charge on any atom is -0.389 e. The second-order valence-electron chi connectivity index (χ2n) is 8.38. The third-order valence-corrected chi connectivity index (χ3v) is 6.30. The van der Waals surface area contributed by atoms with Gasteiger partial charge >= 0.3 is 0 Å². The average Bonchev–Trinajstić information content (AvgIpc) is 2.74. The Hall–Kier alpha value is -2.24. The molecule has 1 aliphatic heterocycles. The monoisotopic (exact) mass is 396 g/mol. The number of fused-ring (bicyclic) bond motifs is 1. The largest absolute Gasteiger partial charge is 0.389 e. The van der Waals surface area contributed by atoms with E-state index in [9.17, 15) is 14.3 Å². The van der Waals surface area contributed by atoms with Gasteiger partial charge in [0.1, 0.15) is 5.82 Å². The van der Waals surface area contributed by atoms with Crippen molar-refractivity contribution in [3.05, 3.63) is 71.0 Å². The van der Waals surface area contributed by atoms with Crippen molar-refractivity contribution >= 4 is 5.91 Å². The van der Waals surface area contributed by atoms with E-state index < -0.39 is 5.60 Å². The first-order valence-corrected chi connectivity index (χ1v) is 10.6. The Labute approximate surface area is 171 Å². The highest BCUT2D eigenvalue weighted by atomic mass is 19.1. The van der Waals surface area contributed by atoms with Crippen LogP contribution in [0.4, 0.5) is 4.39 Å². The Kier molecular flexibility index (Phi) is 5.97. The normalized spacial score (nSPS) is 20.9. The fourth-order valence-corrected chi connectivity index (χ4v) is 4.73. The number of amides is 1. The molecule has 1 aliphatic carbocycles. The van der Waals surface area contributed by atoms with Gasteiger partial charge in [-0.05, 0) is 48.1 Å². The lowest BCUT2D eigenvalue weighted by Crippen LogP contribution is -2.48. The lowest BCUT2D eigenvalue weighted by Gasteiger charge is -2.38. The van der Waals surface area contributed by atoms with Gasteiger partial charge in [-0.3, -0.25) is 4.79 Å². The van der Waals surface area contributed by atoms with Crippen LogP contribution in [-0.4, -0.2) is 41.1 Å². The molecule has 0 saturated heterocycles. The maximum Gasteiger partial charge on any atom is 0.237 e. The SMILES string of the molecule is O=C(CNCC1(O)CCCCC1)N1CCc2ccccc2C1c1ccc(F)cc1. The van der Waals surface area contributed by atoms with E-state index in [2.05, 4.69) is 17.4 Å². The highest BCUT2D eigenvalue weighted by molar-refractivity contribution is 5.79. The molecule has 2 aromatic carbocycles. The molecule has 4 rings (SSSR count). The Balaban J connectivity index is 1.50. The molecule has 1 heterocycles. The van der Waals surface area contributed by atoms with Crippen LogP contribution in [0, 0.1) is 5.82 Å². The molecular formula is C24H29FN2O2. The molecule has 1 unspecified atom stereocenters. The third kappa shape index (κ3) is 4.51. The minimum atomic E-state index is -0.691. The van der Waals surface area contributed by atoms with Gasteiger partial charge in [0.15, 0.2) is 0 Å². The molecule has 2 aromatic rings. The molecule has 1 saturated carbocycles. The van der Waals surface area contributed by atoms with E-state index in [0.717, 1.165) is 43.2 Å². The first-order valence-electron chi connectivity index (χ1n) is 10.6. The Bertz CT molecular complexity index is 846. The second kappa shape index (κ2) is 8.64. The van der Waals surface area contributed by atoms with E-state index in [1.807, 2.05) is 17.0 Å². The zero-order valence-electron chi connectivity index (χ0n) is 16.7. The fourth-order valence-electron chi connectivity index (χ4n) is 4.73. The predicted molar refractivity (Wildman–Crippen MR) is 111 cm³/mol. The number of rotatable bonds is 5. The van der Waals surface area contributed by atoms with Crippen molar-refractivity contribution in [2.45, 2.75) is 50.2 Å². The van der Waals surface area contributed by atoms with Crippen molar-refractivity contribution in [2.24, 2.45) is 0 Å². The Morgan fingerprint density at radius 3 is 2.59 bits per heavy atom. The van der Waals surface area contributed by atoms with Crippen LogP contribution in [0.2, 0.25) is 0 Å². The van der Waals surface area contributed by atoms with Crippen molar-refractivity contribution in [1.29, 1.82) is 0 Å². The van der Waals surface area contributed by atoms with Crippen LogP contribution in [0.1, 0.15) is 54.8 Å². The topological polar surface area (TPSA) is 52.6 Å². The quantitative estimate of drug-likeness (QED) is 0.812. The number of benzene rings is 2. The van der Waals surface area contributed by atoms with Gasteiger partial charge in [0.05, 0.1) is 18.2 Å². The van der Waals surface area contributed by atoms with Gasteiger partial charge < -0.3 is 15.3 Å². The lowest BCUT2D eigenvalue weighted by atomic mass is 9.85. The lowest BCUT2D eigenvalue weighted by molar-refractivity contribution is -0.132. The van der Waals surface area contributed by atoms with Gasteiger partial charge in [-0.15, -0.1) is 0 Å². The van der Waals surface area contributed by atoms with E-state index in [4.69, 9.17) is 0 Å². The molecular weight excluding hydrogens is 367 g/mol. The molecule has 1 amide bonds. The number of hydrogen-bond donors (Lipinski definition) is 2. The summed E-state index contributed by atoms with van der Waals surface area (Å²) in [5, 5.41) is 13.9. The molecule has 0 aromatic heterocycles. The van der Waals surface area contributed by atoms with Gasteiger partial charge in [-0.25, -0.2) is 4.39 Å². The maximum atomic E-state index is 13.5. The van der Waals surface area contributed by atoms with E-state index >= 15 is 0 Å². The number of nitrogens with one attached hydrogen (secondary N) is 1. The molecule has 4 nitrogen and oxygen atoms in total. The smallest absolute Gasteiger partial charge is 0.237 e. The third-order valence-electron chi connectivity index (χ3n) is 6.30. The first-order chi connectivity index (χ1) is 14.1. The number of carbonyl (C=O) groups is 1. The Morgan fingerprint density at radius 1 is 1.10 bits per heavy atom. The number of carbonyl (C=O) groups excluding carboxylic acids is 1. The van der Waals surface area contributed by atoms with Crippen LogP contribution in [0.5, 0.6) is 0 Å². The number of halogens is 1. The summed E-state index contributed by atoms with van der Waals surface area (Å²) < 4.78 is 13.5. The fraction of sp³-hybridized carbons (Fsp3) is 0.458. The van der Waals surface area contributed by atoms with E-state index in [1.165, 1.54) is 24.1 Å². The van der Waals surface area contributed by atoms with E-state index in [-0.39, 0.29) is 24.3 Å². The molecule has 5 heteroatoms. The molecule has 1 fully saturated rings. The van der Waals surface area contributed by atoms with Crippen molar-refractivity contribution in [1.82, 2.24) is 10.2 Å². The molecule has 0 radical (unpaired) electrons. The summed E-state index contributed by atoms with van der Waals surface area (Å²) >= 11 is 0. The van der Waals surface area contributed by atoms with Crippen LogP contribution in [0.3, 0.4) is 0 Å². The molecule has 2 aliphatic rings. The molecule has 1 atom stereocenters. The van der Waals surface area contributed by atoms with Crippen LogP contribution < -0.4 is 5.32 Å². The minimum absolute atomic E-state index is 0.00763. The van der Waals surface area contributed by atoms with Gasteiger partial charge in [-0.1, -0.05) is 55.7 Å². The summed E-state index contributed by atoms with van der Waals surface area (Å²) in [5.41, 5.74) is 2.56. The summed E-state index contributed by atoms with van der Waals surface area (Å²) in [6.07, 6.45) is 5.66. The molecule has 29 heavy (non-hydrogen) atoms. The summed E-state index contributed by atoms with van der Waals surface area (Å²) in [4.78, 5) is 15.0. The number of nitrogens with zero attached hydrogens (tertiary/aromatic N) is 1. The zero-order valence-corrected chi connectivity index (χ0v) is 16.7. The standard InChI is InChI=1S/C24H29FN2O2/c25-20-10-8-19(9-11-20)23-21-7-3-2-6-18(21)12-15-27(23)22(28)16-26-17-24(29)13-4-1-5-14-24/h2-3,6-11,23,26,29H,1,4-5,12-17H2. The summed E-state index contributed by atoms with van der Waals surface area (Å²) in [6.45, 7) is 1.27. The van der Waals surface area contributed by atoms with Crippen LogP contribution >= 0.6 is 0 Å². The van der Waals surface area contributed by atoms with Crippen LogP contribution in [0.15, 0.2) is 48.5 Å². The predicted octanol–water partition coefficient (Wildman–Crippen LogP) is 3.58. The summed E-state index contributed by atoms with van der Waals surface area (Å²) in [7, 11) is 0. The summed E-state index contributed by atoms with van der Waals surface area (Å²) in [5.74, 6) is -0.272. The van der Waals surface area contributed by atoms with Crippen LogP contribution in [0.25, 0.3) is 0 Å². The maximum absolute atomic E-state index is 13.5. The molecule has 154 valence electrons. The van der Waals surface area contributed by atoms with Gasteiger partial charge in [0.25, 0.3) is 0 Å². The van der Waals surface area contributed by atoms with Crippen LogP contribution in [-0.2, 0) is 11.2 Å². The number of aliphatic hydroxyl groups is 1.